The summed E-state index contributed by atoms with van der Waals surface area (Å²) in [5, 5.41) is 7.29. The van der Waals surface area contributed by atoms with Crippen LogP contribution in [-0.4, -0.2) is 25.0 Å². The third-order valence-corrected chi connectivity index (χ3v) is 5.04. The molecule has 1 heterocycles. The Labute approximate surface area is 125 Å². The Morgan fingerprint density at radius 3 is 2.57 bits per heavy atom. The van der Waals surface area contributed by atoms with E-state index in [0.717, 1.165) is 4.90 Å². The molecule has 0 unspecified atom stereocenters. The molecule has 3 rings (SSSR count). The van der Waals surface area contributed by atoms with E-state index >= 15 is 0 Å². The van der Waals surface area contributed by atoms with Gasteiger partial charge in [-0.3, -0.25) is 4.72 Å². The first kappa shape index (κ1) is 13.9. The number of aromatic nitrogens is 2. The Kier molecular flexibility index (Phi) is 3.56. The van der Waals surface area contributed by atoms with Crippen LogP contribution in [0.2, 0.25) is 0 Å². The molecule has 0 spiro atoms. The van der Waals surface area contributed by atoms with Gasteiger partial charge in [-0.05, 0) is 53.0 Å². The van der Waals surface area contributed by atoms with E-state index in [2.05, 4.69) is 19.7 Å². The van der Waals surface area contributed by atoms with Gasteiger partial charge in [0.05, 0.1) is 0 Å². The molecule has 0 aliphatic rings. The number of thioether (sulfide) groups is 1. The highest BCUT2D eigenvalue weighted by molar-refractivity contribution is 7.98. The standard InChI is InChI=1S/C13H11N3O3S2/c1-20-10-7-5-9(6-8-10)16-21(17,18)12-4-2-3-11-13(12)15-19-14-11/h2-8,16H,1H3. The summed E-state index contributed by atoms with van der Waals surface area (Å²) in [7, 11) is -3.75. The molecule has 0 fully saturated rings. The molecule has 108 valence electrons. The molecule has 1 N–H and O–H groups in total. The molecule has 0 bridgehead atoms. The van der Waals surface area contributed by atoms with E-state index in [1.54, 1.807) is 36.0 Å². The van der Waals surface area contributed by atoms with Crippen molar-refractivity contribution < 1.29 is 13.0 Å². The van der Waals surface area contributed by atoms with Crippen molar-refractivity contribution in [1.29, 1.82) is 0 Å². The second-order valence-electron chi connectivity index (χ2n) is 4.22. The van der Waals surface area contributed by atoms with Crippen LogP contribution in [0, 0.1) is 0 Å². The van der Waals surface area contributed by atoms with E-state index < -0.39 is 10.0 Å². The molecule has 6 nitrogen and oxygen atoms in total. The number of nitrogens with zero attached hydrogens (tertiary/aromatic N) is 2. The first-order valence-electron chi connectivity index (χ1n) is 5.98. The normalized spacial score (nSPS) is 11.7. The van der Waals surface area contributed by atoms with E-state index in [1.165, 1.54) is 6.07 Å². The van der Waals surface area contributed by atoms with Gasteiger partial charge in [0.15, 0.2) is 5.52 Å². The number of hydrogen-bond acceptors (Lipinski definition) is 6. The third kappa shape index (κ3) is 2.72. The predicted molar refractivity (Wildman–Crippen MR) is 80.8 cm³/mol. The zero-order valence-electron chi connectivity index (χ0n) is 11.0. The highest BCUT2D eigenvalue weighted by Gasteiger charge is 2.20. The van der Waals surface area contributed by atoms with E-state index in [4.69, 9.17) is 0 Å². The Bertz CT molecular complexity index is 873. The maximum Gasteiger partial charge on any atom is 0.264 e. The lowest BCUT2D eigenvalue weighted by molar-refractivity contribution is 0.315. The van der Waals surface area contributed by atoms with Gasteiger partial charge < -0.3 is 0 Å². The van der Waals surface area contributed by atoms with Crippen LogP contribution in [0.1, 0.15) is 0 Å². The fourth-order valence-corrected chi connectivity index (χ4v) is 3.49. The van der Waals surface area contributed by atoms with Crippen LogP contribution >= 0.6 is 11.8 Å². The molecule has 0 atom stereocenters. The first-order chi connectivity index (χ1) is 10.1. The van der Waals surface area contributed by atoms with Crippen LogP contribution in [0.15, 0.2) is 56.9 Å². The lowest BCUT2D eigenvalue weighted by Gasteiger charge is -2.08. The van der Waals surface area contributed by atoms with Crippen molar-refractivity contribution >= 4 is 38.5 Å². The molecule has 0 aliphatic heterocycles. The van der Waals surface area contributed by atoms with Gasteiger partial charge in [-0.15, -0.1) is 11.8 Å². The van der Waals surface area contributed by atoms with Gasteiger partial charge in [0.25, 0.3) is 10.0 Å². The lowest BCUT2D eigenvalue weighted by atomic mass is 10.3. The molecule has 0 radical (unpaired) electrons. The fraction of sp³-hybridized carbons (Fsp3) is 0.0769. The quantitative estimate of drug-likeness (QED) is 0.744. The molecular formula is C13H11N3O3S2. The van der Waals surface area contributed by atoms with Crippen LogP contribution in [0.4, 0.5) is 5.69 Å². The number of rotatable bonds is 4. The molecule has 0 saturated heterocycles. The van der Waals surface area contributed by atoms with E-state index in [-0.39, 0.29) is 10.4 Å². The maximum atomic E-state index is 12.4. The SMILES string of the molecule is CSc1ccc(NS(=O)(=O)c2cccc3nonc23)cc1. The van der Waals surface area contributed by atoms with E-state index in [9.17, 15) is 8.42 Å². The third-order valence-electron chi connectivity index (χ3n) is 2.88. The summed E-state index contributed by atoms with van der Waals surface area (Å²) in [6, 6.07) is 11.8. The number of hydrogen-bond donors (Lipinski definition) is 1. The predicted octanol–water partition coefficient (Wildman–Crippen LogP) is 2.75. The van der Waals surface area contributed by atoms with Crippen molar-refractivity contribution in [1.82, 2.24) is 10.3 Å². The minimum atomic E-state index is -3.75. The summed E-state index contributed by atoms with van der Waals surface area (Å²) in [5.41, 5.74) is 1.10. The van der Waals surface area contributed by atoms with Gasteiger partial charge in [-0.2, -0.15) is 0 Å². The Morgan fingerprint density at radius 1 is 1.10 bits per heavy atom. The highest BCUT2D eigenvalue weighted by atomic mass is 32.2. The Morgan fingerprint density at radius 2 is 1.86 bits per heavy atom. The molecule has 21 heavy (non-hydrogen) atoms. The monoisotopic (exact) mass is 321 g/mol. The molecule has 0 saturated carbocycles. The number of fused-ring (bicyclic) bond motifs is 1. The summed E-state index contributed by atoms with van der Waals surface area (Å²) in [6.07, 6.45) is 1.96. The van der Waals surface area contributed by atoms with Crippen LogP contribution in [0.25, 0.3) is 11.0 Å². The summed E-state index contributed by atoms with van der Waals surface area (Å²) < 4.78 is 32.0. The largest absolute Gasteiger partial charge is 0.280 e. The summed E-state index contributed by atoms with van der Waals surface area (Å²) in [6.45, 7) is 0. The van der Waals surface area contributed by atoms with Gasteiger partial charge in [0.2, 0.25) is 0 Å². The van der Waals surface area contributed by atoms with Gasteiger partial charge in [0.1, 0.15) is 10.4 Å². The number of nitrogens with one attached hydrogen (secondary N) is 1. The van der Waals surface area contributed by atoms with Crippen molar-refractivity contribution in [2.75, 3.05) is 11.0 Å². The van der Waals surface area contributed by atoms with E-state index in [1.807, 2.05) is 18.4 Å². The molecule has 1 aromatic heterocycles. The molecule has 3 aromatic rings. The number of sulfonamides is 1. The number of benzene rings is 2. The Hall–Kier alpha value is -2.06. The molecule has 2 aromatic carbocycles. The van der Waals surface area contributed by atoms with Crippen LogP contribution in [0.3, 0.4) is 0 Å². The highest BCUT2D eigenvalue weighted by Crippen LogP contribution is 2.23. The molecule has 8 heteroatoms. The average molecular weight is 321 g/mol. The fourth-order valence-electron chi connectivity index (χ4n) is 1.87. The zero-order valence-corrected chi connectivity index (χ0v) is 12.6. The summed E-state index contributed by atoms with van der Waals surface area (Å²) in [4.78, 5) is 1.09. The zero-order chi connectivity index (χ0) is 14.9. The number of anilines is 1. The first-order valence-corrected chi connectivity index (χ1v) is 8.69. The summed E-state index contributed by atoms with van der Waals surface area (Å²) >= 11 is 1.59. The molecule has 0 amide bonds. The topological polar surface area (TPSA) is 85.1 Å². The minimum absolute atomic E-state index is 0.0372. The van der Waals surface area contributed by atoms with Gasteiger partial charge >= 0.3 is 0 Å². The molecule has 0 aliphatic carbocycles. The van der Waals surface area contributed by atoms with Crippen LogP contribution in [-0.2, 0) is 10.0 Å². The molecular weight excluding hydrogens is 310 g/mol. The van der Waals surface area contributed by atoms with Crippen LogP contribution < -0.4 is 4.72 Å². The summed E-state index contributed by atoms with van der Waals surface area (Å²) in [5.74, 6) is 0. The average Bonchev–Trinajstić information content (AvgIpc) is 2.95. The van der Waals surface area contributed by atoms with Crippen molar-refractivity contribution in [2.24, 2.45) is 0 Å². The van der Waals surface area contributed by atoms with Crippen molar-refractivity contribution in [2.45, 2.75) is 9.79 Å². The van der Waals surface area contributed by atoms with Crippen LogP contribution in [0.5, 0.6) is 0 Å². The Balaban J connectivity index is 1.98. The van der Waals surface area contributed by atoms with E-state index in [0.29, 0.717) is 11.2 Å². The minimum Gasteiger partial charge on any atom is -0.280 e. The lowest BCUT2D eigenvalue weighted by Crippen LogP contribution is -2.13. The van der Waals surface area contributed by atoms with Gasteiger partial charge in [-0.1, -0.05) is 6.07 Å². The van der Waals surface area contributed by atoms with Gasteiger partial charge in [0, 0.05) is 10.6 Å². The second kappa shape index (κ2) is 5.38. The van der Waals surface area contributed by atoms with Crippen molar-refractivity contribution in [3.05, 3.63) is 42.5 Å². The maximum absolute atomic E-state index is 12.4. The van der Waals surface area contributed by atoms with Crippen molar-refractivity contribution in [3.63, 3.8) is 0 Å². The van der Waals surface area contributed by atoms with Gasteiger partial charge in [-0.25, -0.2) is 13.0 Å². The van der Waals surface area contributed by atoms with Crippen molar-refractivity contribution in [3.8, 4) is 0 Å². The second-order valence-corrected chi connectivity index (χ2v) is 6.75. The smallest absolute Gasteiger partial charge is 0.264 e.